The normalized spacial score (nSPS) is 17.1. The van der Waals surface area contributed by atoms with E-state index in [1.807, 2.05) is 6.92 Å². The van der Waals surface area contributed by atoms with Crippen LogP contribution in [0.5, 0.6) is 0 Å². The maximum absolute atomic E-state index is 5.77. The second-order valence-corrected chi connectivity index (χ2v) is 3.72. The van der Waals surface area contributed by atoms with Crippen molar-refractivity contribution in [1.82, 2.24) is 15.3 Å². The third kappa shape index (κ3) is 1.96. The lowest BCUT2D eigenvalue weighted by atomic mass is 10.3. The number of nitrogens with zero attached hydrogens (tertiary/aromatic N) is 3. The number of aromatic nitrogens is 2. The number of halogens is 1. The van der Waals surface area contributed by atoms with Gasteiger partial charge in [-0.3, -0.25) is 0 Å². The Morgan fingerprint density at radius 1 is 1.43 bits per heavy atom. The zero-order chi connectivity index (χ0) is 9.97. The molecule has 0 unspecified atom stereocenters. The van der Waals surface area contributed by atoms with Crippen molar-refractivity contribution in [2.75, 3.05) is 31.1 Å². The molecule has 2 rings (SSSR count). The lowest BCUT2D eigenvalue weighted by Crippen LogP contribution is -2.44. The summed E-state index contributed by atoms with van der Waals surface area (Å²) in [5.74, 6) is 0.964. The molecule has 14 heavy (non-hydrogen) atoms. The molecular formula is C9H13ClN4. The Morgan fingerprint density at radius 2 is 2.14 bits per heavy atom. The van der Waals surface area contributed by atoms with Gasteiger partial charge in [0.1, 0.15) is 5.82 Å². The Bertz CT molecular complexity index is 323. The molecule has 0 aromatic carbocycles. The van der Waals surface area contributed by atoms with Crippen molar-refractivity contribution >= 4 is 17.4 Å². The van der Waals surface area contributed by atoms with Gasteiger partial charge in [0.25, 0.3) is 0 Å². The molecule has 4 nitrogen and oxygen atoms in total. The van der Waals surface area contributed by atoms with Gasteiger partial charge in [-0.15, -0.1) is 0 Å². The lowest BCUT2D eigenvalue weighted by Gasteiger charge is -2.29. The van der Waals surface area contributed by atoms with E-state index in [4.69, 9.17) is 11.6 Å². The van der Waals surface area contributed by atoms with E-state index in [2.05, 4.69) is 20.2 Å². The van der Waals surface area contributed by atoms with Crippen LogP contribution in [-0.4, -0.2) is 36.1 Å². The number of anilines is 1. The van der Waals surface area contributed by atoms with E-state index in [0.29, 0.717) is 5.28 Å². The molecule has 1 aliphatic rings. The Hall–Kier alpha value is -0.870. The fourth-order valence-electron chi connectivity index (χ4n) is 1.61. The molecule has 0 saturated carbocycles. The number of hydrogen-bond acceptors (Lipinski definition) is 4. The van der Waals surface area contributed by atoms with Gasteiger partial charge in [-0.05, 0) is 18.5 Å². The van der Waals surface area contributed by atoms with Crippen LogP contribution in [0.3, 0.4) is 0 Å². The van der Waals surface area contributed by atoms with E-state index in [0.717, 1.165) is 37.6 Å². The minimum atomic E-state index is 0.323. The minimum absolute atomic E-state index is 0.323. The average molecular weight is 213 g/mol. The van der Waals surface area contributed by atoms with Crippen LogP contribution in [0.2, 0.25) is 5.28 Å². The second kappa shape index (κ2) is 4.11. The molecule has 1 aliphatic heterocycles. The third-order valence-corrected chi connectivity index (χ3v) is 2.51. The summed E-state index contributed by atoms with van der Waals surface area (Å²) in [5.41, 5.74) is 1.08. The predicted molar refractivity (Wildman–Crippen MR) is 56.9 cm³/mol. The van der Waals surface area contributed by atoms with Crippen molar-refractivity contribution in [2.24, 2.45) is 0 Å². The molecule has 2 heterocycles. The van der Waals surface area contributed by atoms with Crippen LogP contribution in [0.1, 0.15) is 5.56 Å². The molecule has 0 aliphatic carbocycles. The highest BCUT2D eigenvalue weighted by Crippen LogP contribution is 2.17. The molecule has 1 fully saturated rings. The SMILES string of the molecule is Cc1cnc(Cl)nc1N1CCNCC1. The first kappa shape index (κ1) is 9.68. The summed E-state index contributed by atoms with van der Waals surface area (Å²) in [6, 6.07) is 0. The lowest BCUT2D eigenvalue weighted by molar-refractivity contribution is 0.583. The standard InChI is InChI=1S/C9H13ClN4/c1-7-6-12-9(10)13-8(7)14-4-2-11-3-5-14/h6,11H,2-5H2,1H3. The van der Waals surface area contributed by atoms with Gasteiger partial charge in [-0.1, -0.05) is 0 Å². The van der Waals surface area contributed by atoms with Gasteiger partial charge in [0.2, 0.25) is 5.28 Å². The van der Waals surface area contributed by atoms with Crippen LogP contribution in [0, 0.1) is 6.92 Å². The van der Waals surface area contributed by atoms with Crippen LogP contribution in [0.25, 0.3) is 0 Å². The van der Waals surface area contributed by atoms with Crippen LogP contribution in [0.15, 0.2) is 6.20 Å². The number of rotatable bonds is 1. The van der Waals surface area contributed by atoms with Crippen molar-refractivity contribution in [3.8, 4) is 0 Å². The zero-order valence-corrected chi connectivity index (χ0v) is 8.88. The van der Waals surface area contributed by atoms with Crippen molar-refractivity contribution in [3.05, 3.63) is 17.0 Å². The fraction of sp³-hybridized carbons (Fsp3) is 0.556. The topological polar surface area (TPSA) is 41.1 Å². The predicted octanol–water partition coefficient (Wildman–Crippen LogP) is 0.848. The van der Waals surface area contributed by atoms with Crippen molar-refractivity contribution < 1.29 is 0 Å². The molecule has 76 valence electrons. The summed E-state index contributed by atoms with van der Waals surface area (Å²) in [7, 11) is 0. The van der Waals surface area contributed by atoms with Crippen LogP contribution in [-0.2, 0) is 0 Å². The Labute approximate surface area is 88.3 Å². The molecule has 1 saturated heterocycles. The van der Waals surface area contributed by atoms with Gasteiger partial charge >= 0.3 is 0 Å². The monoisotopic (exact) mass is 212 g/mol. The summed E-state index contributed by atoms with van der Waals surface area (Å²) >= 11 is 5.77. The smallest absolute Gasteiger partial charge is 0.224 e. The number of hydrogen-bond donors (Lipinski definition) is 1. The summed E-state index contributed by atoms with van der Waals surface area (Å²) in [4.78, 5) is 10.4. The first-order valence-electron chi connectivity index (χ1n) is 4.72. The van der Waals surface area contributed by atoms with Gasteiger partial charge in [0.15, 0.2) is 0 Å². The zero-order valence-electron chi connectivity index (χ0n) is 8.13. The van der Waals surface area contributed by atoms with Crippen molar-refractivity contribution in [3.63, 3.8) is 0 Å². The minimum Gasteiger partial charge on any atom is -0.354 e. The van der Waals surface area contributed by atoms with Crippen LogP contribution < -0.4 is 10.2 Å². The van der Waals surface area contributed by atoms with E-state index in [-0.39, 0.29) is 0 Å². The van der Waals surface area contributed by atoms with Gasteiger partial charge in [0, 0.05) is 37.9 Å². The Kier molecular flexibility index (Phi) is 2.84. The van der Waals surface area contributed by atoms with Crippen molar-refractivity contribution in [1.29, 1.82) is 0 Å². The summed E-state index contributed by atoms with van der Waals surface area (Å²) in [6.45, 7) is 5.97. The second-order valence-electron chi connectivity index (χ2n) is 3.38. The molecule has 0 atom stereocenters. The Morgan fingerprint density at radius 3 is 2.86 bits per heavy atom. The highest BCUT2D eigenvalue weighted by molar-refractivity contribution is 6.28. The van der Waals surface area contributed by atoms with Crippen LogP contribution >= 0.6 is 11.6 Å². The third-order valence-electron chi connectivity index (χ3n) is 2.33. The van der Waals surface area contributed by atoms with Gasteiger partial charge in [0.05, 0.1) is 0 Å². The van der Waals surface area contributed by atoms with Gasteiger partial charge in [-0.25, -0.2) is 9.97 Å². The number of aryl methyl sites for hydroxylation is 1. The average Bonchev–Trinajstić information content (AvgIpc) is 2.23. The Balaban J connectivity index is 2.24. The highest BCUT2D eigenvalue weighted by Gasteiger charge is 2.14. The van der Waals surface area contributed by atoms with Gasteiger partial charge < -0.3 is 10.2 Å². The number of nitrogens with one attached hydrogen (secondary N) is 1. The molecule has 0 amide bonds. The van der Waals surface area contributed by atoms with E-state index in [9.17, 15) is 0 Å². The fourth-order valence-corrected chi connectivity index (χ4v) is 1.74. The molecule has 5 heteroatoms. The molecule has 1 N–H and O–H groups in total. The summed E-state index contributed by atoms with van der Waals surface area (Å²) < 4.78 is 0. The molecule has 1 aromatic heterocycles. The van der Waals surface area contributed by atoms with Crippen molar-refractivity contribution in [2.45, 2.75) is 6.92 Å². The summed E-state index contributed by atoms with van der Waals surface area (Å²) in [6.07, 6.45) is 1.77. The highest BCUT2D eigenvalue weighted by atomic mass is 35.5. The summed E-state index contributed by atoms with van der Waals surface area (Å²) in [5, 5.41) is 3.62. The maximum Gasteiger partial charge on any atom is 0.224 e. The molecule has 1 aromatic rings. The molecule has 0 spiro atoms. The first-order valence-corrected chi connectivity index (χ1v) is 5.10. The van der Waals surface area contributed by atoms with E-state index in [1.165, 1.54) is 0 Å². The number of piperazine rings is 1. The largest absolute Gasteiger partial charge is 0.354 e. The van der Waals surface area contributed by atoms with E-state index in [1.54, 1.807) is 6.20 Å². The van der Waals surface area contributed by atoms with Gasteiger partial charge in [-0.2, -0.15) is 0 Å². The van der Waals surface area contributed by atoms with Crippen LogP contribution in [0.4, 0.5) is 5.82 Å². The van der Waals surface area contributed by atoms with E-state index >= 15 is 0 Å². The maximum atomic E-state index is 5.77. The molecular weight excluding hydrogens is 200 g/mol. The quantitative estimate of drug-likeness (QED) is 0.701. The molecule has 0 radical (unpaired) electrons. The first-order chi connectivity index (χ1) is 6.77. The molecule has 0 bridgehead atoms. The van der Waals surface area contributed by atoms with E-state index < -0.39 is 0 Å².